The summed E-state index contributed by atoms with van der Waals surface area (Å²) in [7, 11) is 0. The summed E-state index contributed by atoms with van der Waals surface area (Å²) in [6, 6.07) is 11.8. The van der Waals surface area contributed by atoms with Gasteiger partial charge in [-0.05, 0) is 60.4 Å². The molecule has 0 radical (unpaired) electrons. The molecular formula is C24H24N4O. The molecule has 0 bridgehead atoms. The maximum atomic E-state index is 11.7. The third-order valence-electron chi connectivity index (χ3n) is 4.64. The first kappa shape index (κ1) is 20.0. The average Bonchev–Trinajstić information content (AvgIpc) is 2.74. The number of rotatable bonds is 6. The highest BCUT2D eigenvalue weighted by Gasteiger charge is 2.13. The van der Waals surface area contributed by atoms with Crippen molar-refractivity contribution in [2.24, 2.45) is 0 Å². The Bertz CT molecular complexity index is 1130. The molecule has 1 aromatic heterocycles. The van der Waals surface area contributed by atoms with Gasteiger partial charge in [0.1, 0.15) is 12.1 Å². The lowest BCUT2D eigenvalue weighted by atomic mass is 9.94. The molecule has 146 valence electrons. The highest BCUT2D eigenvalue weighted by atomic mass is 16.1. The van der Waals surface area contributed by atoms with E-state index in [1.54, 1.807) is 0 Å². The van der Waals surface area contributed by atoms with Crippen LogP contribution < -0.4 is 11.1 Å². The topological polar surface area (TPSA) is 80.9 Å². The standard InChI is InChI=1S/C24H24N4O/c1-4-7-9-16(5-2)18-13-20(23-21(14-18)24(25)27-15-26-23)17-10-8-11-19(12-17)28-22(29)6-3/h4,6-15H,3,5H2,1-2H3,(H,28,29)(H2,25,26,27)/b7-4-,16-9+. The number of carbonyl (C=O) groups excluding carboxylic acids is 1. The van der Waals surface area contributed by atoms with Crippen LogP contribution in [-0.2, 0) is 4.79 Å². The predicted molar refractivity (Wildman–Crippen MR) is 121 cm³/mol. The molecule has 0 fully saturated rings. The van der Waals surface area contributed by atoms with Gasteiger partial charge in [0.2, 0.25) is 5.91 Å². The van der Waals surface area contributed by atoms with Crippen molar-refractivity contribution in [3.05, 3.63) is 79.2 Å². The van der Waals surface area contributed by atoms with Gasteiger partial charge >= 0.3 is 0 Å². The first-order valence-corrected chi connectivity index (χ1v) is 9.47. The van der Waals surface area contributed by atoms with E-state index in [-0.39, 0.29) is 5.91 Å². The Morgan fingerprint density at radius 2 is 2.07 bits per heavy atom. The van der Waals surface area contributed by atoms with Gasteiger partial charge in [-0.2, -0.15) is 0 Å². The lowest BCUT2D eigenvalue weighted by Gasteiger charge is -2.13. The molecule has 0 aliphatic carbocycles. The molecule has 0 saturated heterocycles. The van der Waals surface area contributed by atoms with Crippen molar-refractivity contribution in [2.45, 2.75) is 20.3 Å². The number of benzene rings is 2. The third kappa shape index (κ3) is 4.41. The smallest absolute Gasteiger partial charge is 0.247 e. The van der Waals surface area contributed by atoms with E-state index in [0.29, 0.717) is 11.5 Å². The summed E-state index contributed by atoms with van der Waals surface area (Å²) in [5.41, 5.74) is 11.7. The highest BCUT2D eigenvalue weighted by molar-refractivity contribution is 6.02. The van der Waals surface area contributed by atoms with Crippen molar-refractivity contribution in [1.29, 1.82) is 0 Å². The third-order valence-corrected chi connectivity index (χ3v) is 4.64. The maximum Gasteiger partial charge on any atom is 0.247 e. The molecule has 2 aromatic carbocycles. The summed E-state index contributed by atoms with van der Waals surface area (Å²) in [6.07, 6.45) is 9.72. The first-order chi connectivity index (χ1) is 14.1. The van der Waals surface area contributed by atoms with Crippen LogP contribution in [0, 0.1) is 0 Å². The lowest BCUT2D eigenvalue weighted by molar-refractivity contribution is -0.111. The van der Waals surface area contributed by atoms with Crippen molar-refractivity contribution in [3.63, 3.8) is 0 Å². The Morgan fingerprint density at radius 1 is 1.24 bits per heavy atom. The molecule has 0 aliphatic rings. The van der Waals surface area contributed by atoms with Gasteiger partial charge in [0, 0.05) is 16.6 Å². The van der Waals surface area contributed by atoms with E-state index in [1.807, 2.05) is 49.4 Å². The van der Waals surface area contributed by atoms with Crippen LogP contribution in [0.3, 0.4) is 0 Å². The minimum absolute atomic E-state index is 0.255. The average molecular weight is 384 g/mol. The second kappa shape index (κ2) is 8.97. The number of nitrogen functional groups attached to an aromatic ring is 1. The van der Waals surface area contributed by atoms with Gasteiger partial charge in [-0.25, -0.2) is 9.97 Å². The van der Waals surface area contributed by atoms with Gasteiger partial charge in [-0.1, -0.05) is 43.9 Å². The number of hydrogen-bond acceptors (Lipinski definition) is 4. The molecule has 29 heavy (non-hydrogen) atoms. The Morgan fingerprint density at radius 3 is 2.79 bits per heavy atom. The van der Waals surface area contributed by atoms with Crippen LogP contribution in [0.1, 0.15) is 25.8 Å². The monoisotopic (exact) mass is 384 g/mol. The van der Waals surface area contributed by atoms with Crippen LogP contribution in [-0.4, -0.2) is 15.9 Å². The summed E-state index contributed by atoms with van der Waals surface area (Å²) < 4.78 is 0. The molecule has 0 spiro atoms. The number of nitrogens with one attached hydrogen (secondary N) is 1. The van der Waals surface area contributed by atoms with E-state index in [1.165, 1.54) is 18.0 Å². The largest absolute Gasteiger partial charge is 0.383 e. The Kier molecular flexibility index (Phi) is 6.19. The zero-order chi connectivity index (χ0) is 20.8. The Labute approximate surface area is 170 Å². The number of fused-ring (bicyclic) bond motifs is 1. The molecule has 1 amide bonds. The number of nitrogens with two attached hydrogens (primary N) is 1. The zero-order valence-electron chi connectivity index (χ0n) is 16.6. The van der Waals surface area contributed by atoms with Gasteiger partial charge in [0.05, 0.1) is 5.52 Å². The number of amides is 1. The summed E-state index contributed by atoms with van der Waals surface area (Å²) in [6.45, 7) is 7.61. The summed E-state index contributed by atoms with van der Waals surface area (Å²) in [5, 5.41) is 3.61. The molecule has 0 aliphatic heterocycles. The second-order valence-electron chi connectivity index (χ2n) is 6.52. The SMILES string of the molecule is C=CC(=O)Nc1cccc(-c2cc(/C(=C/C=C\C)CC)cc3c(N)ncnc23)c1. The molecular weight excluding hydrogens is 360 g/mol. The minimum atomic E-state index is -0.255. The van der Waals surface area contributed by atoms with E-state index in [4.69, 9.17) is 5.73 Å². The minimum Gasteiger partial charge on any atom is -0.383 e. The van der Waals surface area contributed by atoms with Crippen molar-refractivity contribution in [2.75, 3.05) is 11.1 Å². The van der Waals surface area contributed by atoms with Gasteiger partial charge in [-0.15, -0.1) is 0 Å². The molecule has 5 heteroatoms. The van der Waals surface area contributed by atoms with E-state index in [9.17, 15) is 4.79 Å². The Balaban J connectivity index is 2.24. The molecule has 0 saturated carbocycles. The fourth-order valence-corrected chi connectivity index (χ4v) is 3.18. The highest BCUT2D eigenvalue weighted by Crippen LogP contribution is 2.34. The van der Waals surface area contributed by atoms with E-state index in [0.717, 1.165) is 34.0 Å². The molecule has 3 aromatic rings. The Hall–Kier alpha value is -3.73. The fourth-order valence-electron chi connectivity index (χ4n) is 3.18. The van der Waals surface area contributed by atoms with Crippen LogP contribution in [0.2, 0.25) is 0 Å². The number of hydrogen-bond donors (Lipinski definition) is 2. The van der Waals surface area contributed by atoms with Gasteiger partial charge in [0.15, 0.2) is 0 Å². The van der Waals surface area contributed by atoms with Crippen molar-refractivity contribution < 1.29 is 4.79 Å². The number of anilines is 2. The number of aromatic nitrogens is 2. The van der Waals surface area contributed by atoms with Crippen molar-refractivity contribution >= 4 is 33.9 Å². The fraction of sp³-hybridized carbons (Fsp3) is 0.125. The van der Waals surface area contributed by atoms with Crippen LogP contribution >= 0.6 is 0 Å². The first-order valence-electron chi connectivity index (χ1n) is 9.47. The summed E-state index contributed by atoms with van der Waals surface area (Å²) in [5.74, 6) is 0.186. The molecule has 5 nitrogen and oxygen atoms in total. The van der Waals surface area contributed by atoms with E-state index >= 15 is 0 Å². The van der Waals surface area contributed by atoms with Gasteiger partial charge in [0.25, 0.3) is 0 Å². The maximum absolute atomic E-state index is 11.7. The van der Waals surface area contributed by atoms with Crippen molar-refractivity contribution in [1.82, 2.24) is 9.97 Å². The summed E-state index contributed by atoms with van der Waals surface area (Å²) in [4.78, 5) is 20.3. The van der Waals surface area contributed by atoms with Crippen LogP contribution in [0.15, 0.2) is 73.6 Å². The molecule has 3 rings (SSSR count). The van der Waals surface area contributed by atoms with Crippen LogP contribution in [0.5, 0.6) is 0 Å². The summed E-state index contributed by atoms with van der Waals surface area (Å²) >= 11 is 0. The number of carbonyl (C=O) groups is 1. The molecule has 3 N–H and O–H groups in total. The van der Waals surface area contributed by atoms with Gasteiger partial charge < -0.3 is 11.1 Å². The molecule has 0 atom stereocenters. The normalized spacial score (nSPS) is 11.7. The number of allylic oxidation sites excluding steroid dienone is 4. The lowest BCUT2D eigenvalue weighted by Crippen LogP contribution is -2.07. The van der Waals surface area contributed by atoms with Crippen LogP contribution in [0.4, 0.5) is 11.5 Å². The zero-order valence-corrected chi connectivity index (χ0v) is 16.6. The second-order valence-corrected chi connectivity index (χ2v) is 6.52. The molecule has 0 unspecified atom stereocenters. The molecule has 1 heterocycles. The van der Waals surface area contributed by atoms with E-state index in [2.05, 4.69) is 40.9 Å². The van der Waals surface area contributed by atoms with Gasteiger partial charge in [-0.3, -0.25) is 4.79 Å². The quantitative estimate of drug-likeness (QED) is 0.442. The predicted octanol–water partition coefficient (Wildman–Crippen LogP) is 5.37. The van der Waals surface area contributed by atoms with E-state index < -0.39 is 0 Å². The van der Waals surface area contributed by atoms with Crippen LogP contribution in [0.25, 0.3) is 27.6 Å². The van der Waals surface area contributed by atoms with Crippen molar-refractivity contribution in [3.8, 4) is 11.1 Å². The number of nitrogens with zero attached hydrogens (tertiary/aromatic N) is 2.